The zero-order valence-corrected chi connectivity index (χ0v) is 22.7. The molecule has 0 atom stereocenters. The van der Waals surface area contributed by atoms with Gasteiger partial charge < -0.3 is 10.1 Å². The molecule has 13 heteroatoms. The number of nitrogens with zero attached hydrogens (tertiary/aromatic N) is 5. The molecule has 0 aliphatic rings. The standard InChI is InChI=1S/C24H25N7O3S3/c1-3-35-24-30-28-22(37-24)26-21(33)15-36-23-29-27-19(31(23)17-9-7-8-16(2)12-17)13-25-20(32)14-34-18-10-5-4-6-11-18/h4-12H,3,13-15H2,1-2H3,(H,25,32)(H,26,28,33). The van der Waals surface area contributed by atoms with Crippen molar-refractivity contribution in [3.05, 3.63) is 66.0 Å². The van der Waals surface area contributed by atoms with E-state index >= 15 is 0 Å². The Morgan fingerprint density at radius 1 is 1.00 bits per heavy atom. The Hall–Kier alpha value is -3.42. The number of hydrogen-bond donors (Lipinski definition) is 2. The predicted molar refractivity (Wildman–Crippen MR) is 146 cm³/mol. The first-order valence-electron chi connectivity index (χ1n) is 11.4. The Bertz CT molecular complexity index is 1340. The molecule has 37 heavy (non-hydrogen) atoms. The van der Waals surface area contributed by atoms with Crippen molar-refractivity contribution in [1.82, 2.24) is 30.3 Å². The van der Waals surface area contributed by atoms with Gasteiger partial charge in [-0.3, -0.25) is 19.5 Å². The van der Waals surface area contributed by atoms with E-state index in [-0.39, 0.29) is 30.7 Å². The molecular formula is C24H25N7O3S3. The number of rotatable bonds is 12. The lowest BCUT2D eigenvalue weighted by Gasteiger charge is -2.12. The Morgan fingerprint density at radius 3 is 2.62 bits per heavy atom. The van der Waals surface area contributed by atoms with Gasteiger partial charge in [0, 0.05) is 5.69 Å². The molecule has 2 amide bonds. The van der Waals surface area contributed by atoms with E-state index in [0.717, 1.165) is 21.3 Å². The SMILES string of the molecule is CCSc1nnc(NC(=O)CSc2nnc(CNC(=O)COc3ccccc3)n2-c2cccc(C)c2)s1. The van der Waals surface area contributed by atoms with Gasteiger partial charge in [0.05, 0.1) is 12.3 Å². The second kappa shape index (κ2) is 13.2. The number of thioether (sulfide) groups is 2. The first-order chi connectivity index (χ1) is 18.0. The summed E-state index contributed by atoms with van der Waals surface area (Å²) in [7, 11) is 0. The molecule has 2 N–H and O–H groups in total. The zero-order chi connectivity index (χ0) is 26.0. The van der Waals surface area contributed by atoms with Crippen molar-refractivity contribution in [2.45, 2.75) is 29.9 Å². The number of carbonyl (C=O) groups excluding carboxylic acids is 2. The van der Waals surface area contributed by atoms with E-state index in [1.807, 2.05) is 60.9 Å². The van der Waals surface area contributed by atoms with E-state index in [1.54, 1.807) is 23.9 Å². The number of aromatic nitrogens is 5. The molecule has 2 heterocycles. The molecule has 0 radical (unpaired) electrons. The van der Waals surface area contributed by atoms with Crippen LogP contribution in [0.4, 0.5) is 5.13 Å². The monoisotopic (exact) mass is 555 g/mol. The highest BCUT2D eigenvalue weighted by atomic mass is 32.2. The van der Waals surface area contributed by atoms with E-state index < -0.39 is 0 Å². The maximum Gasteiger partial charge on any atom is 0.258 e. The van der Waals surface area contributed by atoms with Crippen LogP contribution in [0.1, 0.15) is 18.3 Å². The highest BCUT2D eigenvalue weighted by Gasteiger charge is 2.18. The first kappa shape index (κ1) is 26.6. The topological polar surface area (TPSA) is 124 Å². The molecule has 0 spiro atoms. The van der Waals surface area contributed by atoms with E-state index in [0.29, 0.717) is 21.9 Å². The number of aryl methyl sites for hydroxylation is 1. The summed E-state index contributed by atoms with van der Waals surface area (Å²) < 4.78 is 8.16. The summed E-state index contributed by atoms with van der Waals surface area (Å²) in [4.78, 5) is 24.9. The van der Waals surface area contributed by atoms with Gasteiger partial charge in [-0.2, -0.15) is 0 Å². The number of hydrogen-bond acceptors (Lipinski definition) is 10. The van der Waals surface area contributed by atoms with Crippen molar-refractivity contribution in [3.63, 3.8) is 0 Å². The minimum atomic E-state index is -0.283. The van der Waals surface area contributed by atoms with Gasteiger partial charge in [-0.25, -0.2) is 0 Å². The minimum absolute atomic E-state index is 0.108. The molecule has 10 nitrogen and oxygen atoms in total. The fourth-order valence-corrected chi connectivity index (χ4v) is 5.59. The maximum atomic E-state index is 12.5. The highest BCUT2D eigenvalue weighted by Crippen LogP contribution is 2.26. The third-order valence-electron chi connectivity index (χ3n) is 4.77. The van der Waals surface area contributed by atoms with E-state index in [1.165, 1.54) is 23.1 Å². The second-order valence-electron chi connectivity index (χ2n) is 7.59. The Kier molecular flexibility index (Phi) is 9.52. The van der Waals surface area contributed by atoms with Crippen molar-refractivity contribution >= 4 is 51.8 Å². The van der Waals surface area contributed by atoms with Crippen molar-refractivity contribution in [1.29, 1.82) is 0 Å². The lowest BCUT2D eigenvalue weighted by atomic mass is 10.2. The second-order valence-corrected chi connectivity index (χ2v) is 11.0. The van der Waals surface area contributed by atoms with Gasteiger partial charge in [-0.15, -0.1) is 20.4 Å². The van der Waals surface area contributed by atoms with Gasteiger partial charge in [-0.1, -0.05) is 72.1 Å². The zero-order valence-electron chi connectivity index (χ0n) is 20.2. The smallest absolute Gasteiger partial charge is 0.258 e. The predicted octanol–water partition coefficient (Wildman–Crippen LogP) is 3.97. The van der Waals surface area contributed by atoms with Crippen LogP contribution < -0.4 is 15.4 Å². The van der Waals surface area contributed by atoms with E-state index in [9.17, 15) is 9.59 Å². The van der Waals surface area contributed by atoms with Crippen LogP contribution in [0.3, 0.4) is 0 Å². The molecule has 0 fully saturated rings. The van der Waals surface area contributed by atoms with Crippen LogP contribution in [-0.4, -0.2) is 54.9 Å². The molecule has 0 saturated carbocycles. The van der Waals surface area contributed by atoms with Crippen molar-refractivity contribution in [2.24, 2.45) is 0 Å². The normalized spacial score (nSPS) is 10.8. The van der Waals surface area contributed by atoms with Gasteiger partial charge in [0.2, 0.25) is 11.0 Å². The number of amides is 2. The highest BCUT2D eigenvalue weighted by molar-refractivity contribution is 8.01. The molecule has 192 valence electrons. The summed E-state index contributed by atoms with van der Waals surface area (Å²) in [6, 6.07) is 17.0. The van der Waals surface area contributed by atoms with Gasteiger partial charge in [-0.05, 0) is 42.5 Å². The number of carbonyl (C=O) groups is 2. The van der Waals surface area contributed by atoms with Gasteiger partial charge in [0.15, 0.2) is 21.9 Å². The van der Waals surface area contributed by atoms with Crippen molar-refractivity contribution in [2.75, 3.05) is 23.4 Å². The molecular weight excluding hydrogens is 531 g/mol. The minimum Gasteiger partial charge on any atom is -0.484 e. The summed E-state index contributed by atoms with van der Waals surface area (Å²) in [6.45, 7) is 4.05. The average Bonchev–Trinajstić information content (AvgIpc) is 3.52. The molecule has 4 rings (SSSR count). The Labute approximate surface area is 226 Å². The molecule has 0 aliphatic carbocycles. The van der Waals surface area contributed by atoms with Crippen LogP contribution in [0.5, 0.6) is 5.75 Å². The summed E-state index contributed by atoms with van der Waals surface area (Å²) in [5.41, 5.74) is 1.89. The lowest BCUT2D eigenvalue weighted by molar-refractivity contribution is -0.123. The number of benzene rings is 2. The molecule has 0 unspecified atom stereocenters. The van der Waals surface area contributed by atoms with E-state index in [2.05, 4.69) is 31.0 Å². The van der Waals surface area contributed by atoms with Crippen LogP contribution in [-0.2, 0) is 16.1 Å². The molecule has 2 aromatic carbocycles. The molecule has 0 saturated heterocycles. The Balaban J connectivity index is 1.41. The maximum absolute atomic E-state index is 12.5. The molecule has 0 aliphatic heterocycles. The number of anilines is 1. The first-order valence-corrected chi connectivity index (χ1v) is 14.2. The Morgan fingerprint density at radius 2 is 1.84 bits per heavy atom. The molecule has 0 bridgehead atoms. The van der Waals surface area contributed by atoms with Gasteiger partial charge in [0.25, 0.3) is 5.91 Å². The number of ether oxygens (including phenoxy) is 1. The number of para-hydroxylation sites is 1. The molecule has 4 aromatic rings. The fourth-order valence-electron chi connectivity index (χ4n) is 3.16. The lowest BCUT2D eigenvalue weighted by Crippen LogP contribution is -2.29. The van der Waals surface area contributed by atoms with Crippen LogP contribution in [0, 0.1) is 6.92 Å². The summed E-state index contributed by atoms with van der Waals surface area (Å²) in [5.74, 6) is 1.64. The number of nitrogens with one attached hydrogen (secondary N) is 2. The largest absolute Gasteiger partial charge is 0.484 e. The van der Waals surface area contributed by atoms with Crippen molar-refractivity contribution < 1.29 is 14.3 Å². The third-order valence-corrected chi connectivity index (χ3v) is 7.55. The van der Waals surface area contributed by atoms with E-state index in [4.69, 9.17) is 4.74 Å². The quantitative estimate of drug-likeness (QED) is 0.197. The third kappa shape index (κ3) is 7.78. The summed E-state index contributed by atoms with van der Waals surface area (Å²) >= 11 is 4.16. The van der Waals surface area contributed by atoms with Gasteiger partial charge >= 0.3 is 0 Å². The summed E-state index contributed by atoms with van der Waals surface area (Å²) in [5, 5.41) is 23.2. The summed E-state index contributed by atoms with van der Waals surface area (Å²) in [6.07, 6.45) is 0. The molecule has 2 aromatic heterocycles. The van der Waals surface area contributed by atoms with Crippen molar-refractivity contribution in [3.8, 4) is 11.4 Å². The van der Waals surface area contributed by atoms with Crippen LogP contribution in [0.2, 0.25) is 0 Å². The van der Waals surface area contributed by atoms with Crippen LogP contribution in [0.15, 0.2) is 64.1 Å². The van der Waals surface area contributed by atoms with Crippen LogP contribution in [0.25, 0.3) is 5.69 Å². The fraction of sp³-hybridized carbons (Fsp3) is 0.250. The van der Waals surface area contributed by atoms with Crippen LogP contribution >= 0.6 is 34.9 Å². The average molecular weight is 556 g/mol. The van der Waals surface area contributed by atoms with Gasteiger partial charge in [0.1, 0.15) is 5.75 Å².